The van der Waals surface area contributed by atoms with E-state index >= 15 is 0 Å². The fraction of sp³-hybridized carbons (Fsp3) is 0.235. The summed E-state index contributed by atoms with van der Waals surface area (Å²) in [5, 5.41) is 18.8. The summed E-state index contributed by atoms with van der Waals surface area (Å²) in [5.41, 5.74) is -1.94. The van der Waals surface area contributed by atoms with Crippen molar-refractivity contribution < 1.29 is 37.3 Å². The molecule has 0 bridgehead atoms. The third-order valence-electron chi connectivity index (χ3n) is 3.97. The van der Waals surface area contributed by atoms with Crippen molar-refractivity contribution in [3.05, 3.63) is 54.3 Å². The Labute approximate surface area is 154 Å². The average molecular weight is 397 g/mol. The van der Waals surface area contributed by atoms with Crippen molar-refractivity contribution in [2.45, 2.75) is 23.1 Å². The number of hydrogen-bond donors (Lipinski definition) is 3. The molecule has 10 heteroatoms. The van der Waals surface area contributed by atoms with Gasteiger partial charge in [-0.3, -0.25) is 4.79 Å². The zero-order valence-electron chi connectivity index (χ0n) is 13.8. The SMILES string of the molecule is O=C(O)[C@@]1(NS(=O)(=O)c2ccc(Oc3ccc(F)cc3)cc2)COC(O)C1. The minimum atomic E-state index is -4.19. The highest BCUT2D eigenvalue weighted by molar-refractivity contribution is 7.89. The summed E-state index contributed by atoms with van der Waals surface area (Å²) < 4.78 is 50.3. The van der Waals surface area contributed by atoms with Gasteiger partial charge >= 0.3 is 5.97 Å². The van der Waals surface area contributed by atoms with Crippen LogP contribution in [0.3, 0.4) is 0 Å². The smallest absolute Gasteiger partial charge is 0.327 e. The van der Waals surface area contributed by atoms with Gasteiger partial charge in [0.05, 0.1) is 11.5 Å². The number of carboxylic acid groups (broad SMARTS) is 1. The summed E-state index contributed by atoms with van der Waals surface area (Å²) in [7, 11) is -4.19. The van der Waals surface area contributed by atoms with Gasteiger partial charge in [-0.2, -0.15) is 4.72 Å². The molecule has 144 valence electrons. The molecule has 0 radical (unpaired) electrons. The second-order valence-corrected chi connectivity index (χ2v) is 7.67. The number of aliphatic hydroxyl groups excluding tert-OH is 1. The number of ether oxygens (including phenoxy) is 2. The van der Waals surface area contributed by atoms with Crippen LogP contribution in [-0.2, 0) is 19.6 Å². The van der Waals surface area contributed by atoms with Crippen LogP contribution in [-0.4, -0.2) is 43.0 Å². The first-order chi connectivity index (χ1) is 12.7. The van der Waals surface area contributed by atoms with E-state index < -0.39 is 46.7 Å². The zero-order valence-corrected chi connectivity index (χ0v) is 14.6. The maximum absolute atomic E-state index is 12.9. The molecule has 3 rings (SSSR count). The first kappa shape index (κ1) is 19.2. The molecule has 3 N–H and O–H groups in total. The van der Waals surface area contributed by atoms with E-state index in [1.807, 2.05) is 0 Å². The number of aliphatic carboxylic acids is 1. The molecule has 0 aliphatic carbocycles. The summed E-state index contributed by atoms with van der Waals surface area (Å²) in [6.07, 6.45) is -1.77. The van der Waals surface area contributed by atoms with Gasteiger partial charge in [0, 0.05) is 6.42 Å². The van der Waals surface area contributed by atoms with Gasteiger partial charge in [-0.25, -0.2) is 12.8 Å². The van der Waals surface area contributed by atoms with E-state index in [1.54, 1.807) is 0 Å². The van der Waals surface area contributed by atoms with E-state index in [2.05, 4.69) is 4.72 Å². The summed E-state index contributed by atoms with van der Waals surface area (Å²) in [6, 6.07) is 10.5. The molecule has 8 nitrogen and oxygen atoms in total. The van der Waals surface area contributed by atoms with Crippen molar-refractivity contribution in [1.82, 2.24) is 4.72 Å². The van der Waals surface area contributed by atoms with Crippen molar-refractivity contribution in [2.24, 2.45) is 0 Å². The number of carbonyl (C=O) groups is 1. The molecule has 1 aliphatic heterocycles. The minimum Gasteiger partial charge on any atom is -0.480 e. The lowest BCUT2D eigenvalue weighted by molar-refractivity contribution is -0.144. The van der Waals surface area contributed by atoms with Crippen molar-refractivity contribution in [1.29, 1.82) is 0 Å². The van der Waals surface area contributed by atoms with Crippen LogP contribution >= 0.6 is 0 Å². The van der Waals surface area contributed by atoms with Gasteiger partial charge in [-0.15, -0.1) is 0 Å². The number of benzene rings is 2. The Balaban J connectivity index is 1.77. The van der Waals surface area contributed by atoms with Crippen LogP contribution in [0.25, 0.3) is 0 Å². The van der Waals surface area contributed by atoms with E-state index in [1.165, 1.54) is 48.5 Å². The Hall–Kier alpha value is -2.53. The maximum atomic E-state index is 12.9. The fourth-order valence-corrected chi connectivity index (χ4v) is 3.92. The molecule has 0 spiro atoms. The number of hydrogen-bond acceptors (Lipinski definition) is 6. The first-order valence-corrected chi connectivity index (χ1v) is 9.29. The van der Waals surface area contributed by atoms with Gasteiger partial charge in [0.15, 0.2) is 11.8 Å². The molecule has 1 unspecified atom stereocenters. The van der Waals surface area contributed by atoms with Crippen LogP contribution < -0.4 is 9.46 Å². The van der Waals surface area contributed by atoms with Gasteiger partial charge in [0.25, 0.3) is 0 Å². The lowest BCUT2D eigenvalue weighted by Crippen LogP contribution is -2.55. The molecule has 0 saturated carbocycles. The van der Waals surface area contributed by atoms with E-state index in [-0.39, 0.29) is 4.90 Å². The second-order valence-electron chi connectivity index (χ2n) is 5.99. The van der Waals surface area contributed by atoms with E-state index in [0.29, 0.717) is 11.5 Å². The summed E-state index contributed by atoms with van der Waals surface area (Å²) in [6.45, 7) is -0.492. The molecule has 27 heavy (non-hydrogen) atoms. The zero-order chi connectivity index (χ0) is 19.7. The Bertz CT molecular complexity index is 931. The highest BCUT2D eigenvalue weighted by atomic mass is 32.2. The van der Waals surface area contributed by atoms with Gasteiger partial charge in [-0.1, -0.05) is 0 Å². The topological polar surface area (TPSA) is 122 Å². The largest absolute Gasteiger partial charge is 0.480 e. The Kier molecular flexibility index (Phi) is 5.16. The molecule has 2 aromatic carbocycles. The van der Waals surface area contributed by atoms with Crippen molar-refractivity contribution in [3.8, 4) is 11.5 Å². The number of sulfonamides is 1. The third-order valence-corrected chi connectivity index (χ3v) is 5.52. The number of carboxylic acids is 1. The monoisotopic (exact) mass is 397 g/mol. The molecule has 1 fully saturated rings. The first-order valence-electron chi connectivity index (χ1n) is 7.81. The Morgan fingerprint density at radius 3 is 2.19 bits per heavy atom. The van der Waals surface area contributed by atoms with Crippen LogP contribution in [0.2, 0.25) is 0 Å². The van der Waals surface area contributed by atoms with Crippen LogP contribution in [0.1, 0.15) is 6.42 Å². The van der Waals surface area contributed by atoms with E-state index in [9.17, 15) is 27.8 Å². The van der Waals surface area contributed by atoms with Crippen LogP contribution in [0.4, 0.5) is 4.39 Å². The van der Waals surface area contributed by atoms with E-state index in [0.717, 1.165) is 0 Å². The molecule has 1 heterocycles. The summed E-state index contributed by atoms with van der Waals surface area (Å²) >= 11 is 0. The summed E-state index contributed by atoms with van der Waals surface area (Å²) in [4.78, 5) is 11.3. The van der Waals surface area contributed by atoms with Gasteiger partial charge in [0.1, 0.15) is 17.3 Å². The Morgan fingerprint density at radius 2 is 1.70 bits per heavy atom. The van der Waals surface area contributed by atoms with Crippen LogP contribution in [0.15, 0.2) is 53.4 Å². The molecular formula is C17H16FNO7S. The highest BCUT2D eigenvalue weighted by Crippen LogP contribution is 2.27. The molecule has 2 aromatic rings. The molecule has 1 saturated heterocycles. The van der Waals surface area contributed by atoms with Crippen molar-refractivity contribution >= 4 is 16.0 Å². The van der Waals surface area contributed by atoms with Crippen molar-refractivity contribution in [2.75, 3.05) is 6.61 Å². The number of halogens is 1. The number of nitrogens with one attached hydrogen (secondary N) is 1. The summed E-state index contributed by atoms with van der Waals surface area (Å²) in [5.74, 6) is -1.18. The maximum Gasteiger partial charge on any atom is 0.327 e. The molecule has 0 amide bonds. The van der Waals surface area contributed by atoms with Crippen LogP contribution in [0.5, 0.6) is 11.5 Å². The van der Waals surface area contributed by atoms with E-state index in [4.69, 9.17) is 9.47 Å². The van der Waals surface area contributed by atoms with Crippen molar-refractivity contribution in [3.63, 3.8) is 0 Å². The average Bonchev–Trinajstić information content (AvgIpc) is 2.99. The Morgan fingerprint density at radius 1 is 1.15 bits per heavy atom. The highest BCUT2D eigenvalue weighted by Gasteiger charge is 2.49. The number of rotatable bonds is 6. The number of aliphatic hydroxyl groups is 1. The lowest BCUT2D eigenvalue weighted by Gasteiger charge is -2.23. The molecule has 1 aliphatic rings. The molecular weight excluding hydrogens is 381 g/mol. The van der Waals surface area contributed by atoms with Gasteiger partial charge < -0.3 is 19.7 Å². The van der Waals surface area contributed by atoms with Gasteiger partial charge in [-0.05, 0) is 48.5 Å². The molecule has 2 atom stereocenters. The predicted octanol–water partition coefficient (Wildman–Crippen LogP) is 1.46. The minimum absolute atomic E-state index is 0.184. The quantitative estimate of drug-likeness (QED) is 0.674. The predicted molar refractivity (Wildman–Crippen MR) is 90.2 cm³/mol. The third kappa shape index (κ3) is 4.25. The fourth-order valence-electron chi connectivity index (χ4n) is 2.56. The lowest BCUT2D eigenvalue weighted by atomic mass is 10.0. The normalized spacial score (nSPS) is 22.5. The second kappa shape index (κ2) is 7.24. The van der Waals surface area contributed by atoms with Crippen LogP contribution in [0, 0.1) is 5.82 Å². The molecule has 0 aromatic heterocycles. The van der Waals surface area contributed by atoms with Gasteiger partial charge in [0.2, 0.25) is 10.0 Å². The standard InChI is InChI=1S/C17H16FNO7S/c18-11-1-3-12(4-2-11)26-13-5-7-14(8-6-13)27(23,24)19-17(16(21)22)9-15(20)25-10-17/h1-8,15,19-20H,9-10H2,(H,21,22)/t15?,17-/m0/s1.